The number of benzene rings is 2. The molecule has 31 heavy (non-hydrogen) atoms. The van der Waals surface area contributed by atoms with Gasteiger partial charge in [0.05, 0.1) is 17.7 Å². The fourth-order valence-corrected chi connectivity index (χ4v) is 4.14. The van der Waals surface area contributed by atoms with E-state index in [9.17, 15) is 9.90 Å². The lowest BCUT2D eigenvalue weighted by Crippen LogP contribution is -2.35. The van der Waals surface area contributed by atoms with Gasteiger partial charge in [-0.3, -0.25) is 9.48 Å². The number of aromatic nitrogens is 2. The maximum atomic E-state index is 12.9. The Morgan fingerprint density at radius 1 is 1.29 bits per heavy atom. The van der Waals surface area contributed by atoms with Crippen molar-refractivity contribution < 1.29 is 19.4 Å². The first-order chi connectivity index (χ1) is 15.2. The van der Waals surface area contributed by atoms with Gasteiger partial charge in [0.1, 0.15) is 6.10 Å². The van der Waals surface area contributed by atoms with E-state index in [4.69, 9.17) is 9.47 Å². The van der Waals surface area contributed by atoms with E-state index in [0.717, 1.165) is 28.5 Å². The highest BCUT2D eigenvalue weighted by molar-refractivity contribution is 5.83. The SMILES string of the molecule is COCCCn1nccc1[C@H]1OCC[C@@H]1C(=O)NC[C@H](O)c1ccc2ccccc2c1. The van der Waals surface area contributed by atoms with Crippen LogP contribution in [0.15, 0.2) is 54.7 Å². The van der Waals surface area contributed by atoms with Gasteiger partial charge < -0.3 is 19.9 Å². The molecule has 3 aromatic rings. The number of hydrogen-bond donors (Lipinski definition) is 2. The molecule has 1 amide bonds. The zero-order chi connectivity index (χ0) is 21.6. The quantitative estimate of drug-likeness (QED) is 0.517. The number of aryl methyl sites for hydroxylation is 1. The third kappa shape index (κ3) is 4.95. The minimum Gasteiger partial charge on any atom is -0.387 e. The topological polar surface area (TPSA) is 85.6 Å². The van der Waals surface area contributed by atoms with Crippen LogP contribution in [0.3, 0.4) is 0 Å². The Hall–Kier alpha value is -2.74. The van der Waals surface area contributed by atoms with E-state index < -0.39 is 6.10 Å². The smallest absolute Gasteiger partial charge is 0.226 e. The molecule has 0 bridgehead atoms. The van der Waals surface area contributed by atoms with Crippen molar-refractivity contribution in [3.8, 4) is 0 Å². The van der Waals surface area contributed by atoms with E-state index in [-0.39, 0.29) is 24.5 Å². The summed E-state index contributed by atoms with van der Waals surface area (Å²) in [6.45, 7) is 2.05. The second kappa shape index (κ2) is 10.0. The molecule has 0 saturated carbocycles. The number of carbonyl (C=O) groups excluding carboxylic acids is 1. The molecule has 1 aliphatic rings. The number of nitrogens with zero attached hydrogens (tertiary/aromatic N) is 2. The molecule has 2 heterocycles. The number of carbonyl (C=O) groups is 1. The van der Waals surface area contributed by atoms with Gasteiger partial charge in [0, 0.05) is 39.6 Å². The lowest BCUT2D eigenvalue weighted by atomic mass is 9.97. The van der Waals surface area contributed by atoms with Crippen molar-refractivity contribution >= 4 is 16.7 Å². The van der Waals surface area contributed by atoms with E-state index in [2.05, 4.69) is 10.4 Å². The van der Waals surface area contributed by atoms with E-state index in [1.54, 1.807) is 13.3 Å². The van der Waals surface area contributed by atoms with Gasteiger partial charge in [-0.1, -0.05) is 36.4 Å². The van der Waals surface area contributed by atoms with Gasteiger partial charge >= 0.3 is 0 Å². The molecule has 2 N–H and O–H groups in total. The van der Waals surface area contributed by atoms with E-state index in [0.29, 0.717) is 26.2 Å². The molecule has 7 nitrogen and oxygen atoms in total. The van der Waals surface area contributed by atoms with Crippen LogP contribution in [0, 0.1) is 5.92 Å². The standard InChI is InChI=1S/C24H29N3O4/c1-30-13-4-12-27-21(9-11-26-27)23-20(10-14-31-23)24(29)25-16-22(28)19-8-7-17-5-2-3-6-18(17)15-19/h2-3,5-9,11,15,20,22-23,28H,4,10,12-14,16H2,1H3,(H,25,29)/t20-,22-,23-/m0/s1. The van der Waals surface area contributed by atoms with Crippen molar-refractivity contribution in [3.05, 3.63) is 66.0 Å². The Morgan fingerprint density at radius 2 is 2.13 bits per heavy atom. The number of hydrogen-bond acceptors (Lipinski definition) is 5. The van der Waals surface area contributed by atoms with Gasteiger partial charge in [0.2, 0.25) is 5.91 Å². The van der Waals surface area contributed by atoms with Crippen molar-refractivity contribution in [3.63, 3.8) is 0 Å². The molecular weight excluding hydrogens is 394 g/mol. The van der Waals surface area contributed by atoms with Crippen LogP contribution in [0.5, 0.6) is 0 Å². The highest BCUT2D eigenvalue weighted by Crippen LogP contribution is 2.34. The number of rotatable bonds is 9. The highest BCUT2D eigenvalue weighted by Gasteiger charge is 2.37. The predicted molar refractivity (Wildman–Crippen MR) is 117 cm³/mol. The normalized spacial score (nSPS) is 19.5. The van der Waals surface area contributed by atoms with Crippen molar-refractivity contribution in [1.82, 2.24) is 15.1 Å². The van der Waals surface area contributed by atoms with Crippen LogP contribution in [0.25, 0.3) is 10.8 Å². The molecule has 0 spiro atoms. The third-order valence-corrected chi connectivity index (χ3v) is 5.82. The van der Waals surface area contributed by atoms with Crippen LogP contribution in [-0.4, -0.2) is 47.7 Å². The molecule has 1 saturated heterocycles. The highest BCUT2D eigenvalue weighted by atomic mass is 16.5. The van der Waals surface area contributed by atoms with Crippen LogP contribution in [0.1, 0.15) is 36.3 Å². The lowest BCUT2D eigenvalue weighted by Gasteiger charge is -2.20. The van der Waals surface area contributed by atoms with Crippen molar-refractivity contribution in [1.29, 1.82) is 0 Å². The minimum absolute atomic E-state index is 0.105. The van der Waals surface area contributed by atoms with Crippen molar-refractivity contribution in [2.75, 3.05) is 26.9 Å². The van der Waals surface area contributed by atoms with Crippen molar-refractivity contribution in [2.24, 2.45) is 5.92 Å². The number of aliphatic hydroxyl groups is 1. The van der Waals surface area contributed by atoms with Gasteiger partial charge in [-0.25, -0.2) is 0 Å². The molecule has 0 aliphatic carbocycles. The van der Waals surface area contributed by atoms with Crippen LogP contribution >= 0.6 is 0 Å². The van der Waals surface area contributed by atoms with Gasteiger partial charge in [-0.05, 0) is 41.3 Å². The zero-order valence-corrected chi connectivity index (χ0v) is 17.7. The summed E-state index contributed by atoms with van der Waals surface area (Å²) in [6.07, 6.45) is 2.12. The van der Waals surface area contributed by atoms with Gasteiger partial charge in [0.25, 0.3) is 0 Å². The van der Waals surface area contributed by atoms with Crippen LogP contribution in [0.2, 0.25) is 0 Å². The Morgan fingerprint density at radius 3 is 2.97 bits per heavy atom. The third-order valence-electron chi connectivity index (χ3n) is 5.82. The summed E-state index contributed by atoms with van der Waals surface area (Å²) >= 11 is 0. The summed E-state index contributed by atoms with van der Waals surface area (Å²) < 4.78 is 12.9. The minimum atomic E-state index is -0.770. The first-order valence-corrected chi connectivity index (χ1v) is 10.7. The van der Waals surface area contributed by atoms with E-state index in [1.807, 2.05) is 53.2 Å². The van der Waals surface area contributed by atoms with E-state index >= 15 is 0 Å². The summed E-state index contributed by atoms with van der Waals surface area (Å²) in [5.74, 6) is -0.409. The van der Waals surface area contributed by atoms with Crippen molar-refractivity contribution in [2.45, 2.75) is 31.6 Å². The fourth-order valence-electron chi connectivity index (χ4n) is 4.14. The number of aliphatic hydroxyl groups excluding tert-OH is 1. The fraction of sp³-hybridized carbons (Fsp3) is 0.417. The lowest BCUT2D eigenvalue weighted by molar-refractivity contribution is -0.127. The molecule has 1 aliphatic heterocycles. The number of nitrogens with one attached hydrogen (secondary N) is 1. The Labute approximate surface area is 182 Å². The molecular formula is C24H29N3O4. The molecule has 0 radical (unpaired) electrons. The number of amides is 1. The van der Waals surface area contributed by atoms with Gasteiger partial charge in [0.15, 0.2) is 0 Å². The largest absolute Gasteiger partial charge is 0.387 e. The maximum Gasteiger partial charge on any atom is 0.226 e. The summed E-state index contributed by atoms with van der Waals surface area (Å²) in [5.41, 5.74) is 1.69. The van der Waals surface area contributed by atoms with Crippen LogP contribution in [-0.2, 0) is 20.8 Å². The van der Waals surface area contributed by atoms with Crippen LogP contribution < -0.4 is 5.32 Å². The average Bonchev–Trinajstić information content (AvgIpc) is 3.46. The molecule has 3 atom stereocenters. The van der Waals surface area contributed by atoms with Crippen LogP contribution in [0.4, 0.5) is 0 Å². The zero-order valence-electron chi connectivity index (χ0n) is 17.7. The molecule has 1 fully saturated rings. The first-order valence-electron chi connectivity index (χ1n) is 10.7. The van der Waals surface area contributed by atoms with Gasteiger partial charge in [-0.2, -0.15) is 5.10 Å². The number of fused-ring (bicyclic) bond motifs is 1. The number of ether oxygens (including phenoxy) is 2. The van der Waals surface area contributed by atoms with Gasteiger partial charge in [-0.15, -0.1) is 0 Å². The molecule has 1 aromatic heterocycles. The second-order valence-electron chi connectivity index (χ2n) is 7.88. The molecule has 2 aromatic carbocycles. The summed E-state index contributed by atoms with van der Waals surface area (Å²) in [4.78, 5) is 12.9. The summed E-state index contributed by atoms with van der Waals surface area (Å²) in [7, 11) is 1.68. The second-order valence-corrected chi connectivity index (χ2v) is 7.88. The molecule has 0 unspecified atom stereocenters. The predicted octanol–water partition coefficient (Wildman–Crippen LogP) is 3.00. The summed E-state index contributed by atoms with van der Waals surface area (Å²) in [6, 6.07) is 15.8. The Bertz CT molecular complexity index is 1020. The molecule has 4 rings (SSSR count). The van der Waals surface area contributed by atoms with E-state index in [1.165, 1.54) is 0 Å². The first kappa shape index (κ1) is 21.5. The monoisotopic (exact) mass is 423 g/mol. The maximum absolute atomic E-state index is 12.9. The molecule has 7 heteroatoms. The molecule has 164 valence electrons. The number of methoxy groups -OCH3 is 1. The summed E-state index contributed by atoms with van der Waals surface area (Å²) in [5, 5.41) is 20.1. The Kier molecular flexibility index (Phi) is 6.96. The average molecular weight is 424 g/mol. The Balaban J connectivity index is 1.38.